The lowest BCUT2D eigenvalue weighted by Gasteiger charge is -2.28. The van der Waals surface area contributed by atoms with Crippen molar-refractivity contribution in [3.05, 3.63) is 58.4 Å². The van der Waals surface area contributed by atoms with Crippen LogP contribution >= 0.6 is 0 Å². The van der Waals surface area contributed by atoms with Crippen LogP contribution < -0.4 is 15.1 Å². The van der Waals surface area contributed by atoms with Crippen molar-refractivity contribution in [1.82, 2.24) is 0 Å². The van der Waals surface area contributed by atoms with Crippen LogP contribution in [0.2, 0.25) is 0 Å². The van der Waals surface area contributed by atoms with Crippen LogP contribution in [0.5, 0.6) is 11.5 Å². The van der Waals surface area contributed by atoms with Gasteiger partial charge in [0.1, 0.15) is 29.9 Å². The summed E-state index contributed by atoms with van der Waals surface area (Å²) in [6.45, 7) is 5.06. The monoisotopic (exact) mass is 380 g/mol. The molecule has 5 nitrogen and oxygen atoms in total. The molecule has 0 aliphatic carbocycles. The molecule has 1 fully saturated rings. The number of hydrogen-bond donors (Lipinski definition) is 2. The highest BCUT2D eigenvalue weighted by Gasteiger charge is 2.24. The van der Waals surface area contributed by atoms with Gasteiger partial charge in [-0.15, -0.1) is 0 Å². The first-order valence-electron chi connectivity index (χ1n) is 9.81. The number of phenols is 1. The highest BCUT2D eigenvalue weighted by atomic mass is 16.5. The minimum absolute atomic E-state index is 0.117. The van der Waals surface area contributed by atoms with Crippen LogP contribution in [0.1, 0.15) is 25.3 Å². The van der Waals surface area contributed by atoms with Crippen molar-refractivity contribution >= 4 is 11.0 Å². The van der Waals surface area contributed by atoms with E-state index >= 15 is 0 Å². The molecule has 1 saturated heterocycles. The zero-order valence-electron chi connectivity index (χ0n) is 16.3. The normalized spacial score (nSPS) is 19.6. The van der Waals surface area contributed by atoms with Gasteiger partial charge in [-0.3, -0.25) is 4.79 Å². The number of benzene rings is 2. The lowest BCUT2D eigenvalue weighted by molar-refractivity contribution is -0.922. The summed E-state index contributed by atoms with van der Waals surface area (Å²) in [5, 5.41) is 11.0. The Morgan fingerprint density at radius 3 is 2.82 bits per heavy atom. The molecule has 1 aromatic heterocycles. The van der Waals surface area contributed by atoms with Crippen LogP contribution in [-0.4, -0.2) is 25.3 Å². The summed E-state index contributed by atoms with van der Waals surface area (Å²) < 4.78 is 11.3. The number of nitrogens with one attached hydrogen (secondary N) is 1. The van der Waals surface area contributed by atoms with Gasteiger partial charge in [0.25, 0.3) is 0 Å². The van der Waals surface area contributed by atoms with Crippen LogP contribution in [0.3, 0.4) is 0 Å². The summed E-state index contributed by atoms with van der Waals surface area (Å²) in [5.74, 6) is 1.48. The quantitative estimate of drug-likeness (QED) is 0.730. The van der Waals surface area contributed by atoms with E-state index in [1.54, 1.807) is 19.2 Å². The van der Waals surface area contributed by atoms with Crippen molar-refractivity contribution in [2.75, 3.05) is 20.2 Å². The second kappa shape index (κ2) is 7.68. The first-order chi connectivity index (χ1) is 13.6. The fourth-order valence-electron chi connectivity index (χ4n) is 4.28. The summed E-state index contributed by atoms with van der Waals surface area (Å²) in [5.41, 5.74) is 2.24. The van der Waals surface area contributed by atoms with Crippen molar-refractivity contribution in [2.45, 2.75) is 26.3 Å². The number of likely N-dealkylation sites (tertiary alicyclic amines) is 1. The lowest BCUT2D eigenvalue weighted by Crippen LogP contribution is -3.12. The van der Waals surface area contributed by atoms with Crippen molar-refractivity contribution in [1.29, 1.82) is 0 Å². The van der Waals surface area contributed by atoms with Crippen molar-refractivity contribution < 1.29 is 19.2 Å². The zero-order chi connectivity index (χ0) is 19.7. The summed E-state index contributed by atoms with van der Waals surface area (Å²) in [4.78, 5) is 14.6. The first-order valence-corrected chi connectivity index (χ1v) is 9.81. The zero-order valence-corrected chi connectivity index (χ0v) is 16.3. The molecule has 3 aromatic rings. The first kappa shape index (κ1) is 18.6. The van der Waals surface area contributed by atoms with Crippen molar-refractivity contribution in [2.24, 2.45) is 5.92 Å². The lowest BCUT2D eigenvalue weighted by atomic mass is 9.99. The molecule has 1 aliphatic rings. The van der Waals surface area contributed by atoms with Crippen molar-refractivity contribution in [3.8, 4) is 22.6 Å². The molecular formula is C23H26NO4+. The van der Waals surface area contributed by atoms with Gasteiger partial charge >= 0.3 is 0 Å². The Morgan fingerprint density at radius 2 is 2.04 bits per heavy atom. The molecule has 5 heteroatoms. The van der Waals surface area contributed by atoms with Gasteiger partial charge in [0.15, 0.2) is 0 Å². The minimum atomic E-state index is -0.117. The largest absolute Gasteiger partial charge is 0.507 e. The second-order valence-electron chi connectivity index (χ2n) is 7.75. The maximum absolute atomic E-state index is 13.2. The summed E-state index contributed by atoms with van der Waals surface area (Å²) in [6.07, 6.45) is 3.92. The molecule has 0 saturated carbocycles. The smallest absolute Gasteiger partial charge is 0.200 e. The van der Waals surface area contributed by atoms with Crippen molar-refractivity contribution in [3.63, 3.8) is 0 Å². The Kier molecular flexibility index (Phi) is 5.09. The number of para-hydroxylation sites is 1. The molecule has 0 radical (unpaired) electrons. The molecule has 2 N–H and O–H groups in total. The number of hydrogen-bond acceptors (Lipinski definition) is 4. The Labute approximate surface area is 164 Å². The van der Waals surface area contributed by atoms with Crippen LogP contribution in [0.15, 0.2) is 51.9 Å². The molecule has 28 heavy (non-hydrogen) atoms. The van der Waals surface area contributed by atoms with Gasteiger partial charge in [-0.1, -0.05) is 25.1 Å². The SMILES string of the molecule is COc1ccccc1-c1coc2c(C[NH+]3CCC[C@H](C)C3)c(O)ccc2c1=O. The molecule has 146 valence electrons. The molecule has 0 amide bonds. The number of aromatic hydroxyl groups is 1. The van der Waals surface area contributed by atoms with E-state index in [1.807, 2.05) is 24.3 Å². The number of fused-ring (bicyclic) bond motifs is 1. The van der Waals surface area contributed by atoms with Crippen LogP contribution in [0.4, 0.5) is 0 Å². The molecular weight excluding hydrogens is 354 g/mol. The summed E-state index contributed by atoms with van der Waals surface area (Å²) in [6, 6.07) is 10.6. The maximum Gasteiger partial charge on any atom is 0.200 e. The molecule has 2 atom stereocenters. The topological polar surface area (TPSA) is 64.1 Å². The molecule has 0 bridgehead atoms. The van der Waals surface area contributed by atoms with E-state index < -0.39 is 0 Å². The molecule has 1 aliphatic heterocycles. The molecule has 2 heterocycles. The minimum Gasteiger partial charge on any atom is -0.507 e. The van der Waals surface area contributed by atoms with Crippen LogP contribution in [0, 0.1) is 5.92 Å². The number of piperidine rings is 1. The third-order valence-corrected chi connectivity index (χ3v) is 5.71. The van der Waals surface area contributed by atoms with Crippen LogP contribution in [-0.2, 0) is 6.54 Å². The summed E-state index contributed by atoms with van der Waals surface area (Å²) >= 11 is 0. The van der Waals surface area contributed by atoms with E-state index in [0.29, 0.717) is 45.9 Å². The third-order valence-electron chi connectivity index (χ3n) is 5.71. The van der Waals surface area contributed by atoms with E-state index in [4.69, 9.17) is 9.15 Å². The summed E-state index contributed by atoms with van der Waals surface area (Å²) in [7, 11) is 1.58. The Morgan fingerprint density at radius 1 is 1.21 bits per heavy atom. The average molecular weight is 380 g/mol. The van der Waals surface area contributed by atoms with Gasteiger partial charge < -0.3 is 19.2 Å². The molecule has 4 rings (SSSR count). The van der Waals surface area contributed by atoms with Gasteiger partial charge in [-0.2, -0.15) is 0 Å². The Balaban J connectivity index is 1.80. The number of ether oxygens (including phenoxy) is 1. The maximum atomic E-state index is 13.2. The Bertz CT molecular complexity index is 1060. The number of quaternary nitrogens is 1. The number of phenolic OH excluding ortho intramolecular Hbond substituents is 1. The van der Waals surface area contributed by atoms with Gasteiger partial charge in [0.05, 0.1) is 36.7 Å². The van der Waals surface area contributed by atoms with Gasteiger partial charge in [-0.05, 0) is 31.0 Å². The second-order valence-corrected chi connectivity index (χ2v) is 7.75. The predicted molar refractivity (Wildman–Crippen MR) is 109 cm³/mol. The van der Waals surface area contributed by atoms with E-state index in [-0.39, 0.29) is 11.2 Å². The fourth-order valence-corrected chi connectivity index (χ4v) is 4.28. The molecule has 2 aromatic carbocycles. The number of rotatable bonds is 4. The van der Waals surface area contributed by atoms with Gasteiger partial charge in [0, 0.05) is 11.5 Å². The van der Waals surface area contributed by atoms with Crippen LogP contribution in [0.25, 0.3) is 22.1 Å². The fraction of sp³-hybridized carbons (Fsp3) is 0.348. The van der Waals surface area contributed by atoms with Gasteiger partial charge in [-0.25, -0.2) is 0 Å². The predicted octanol–water partition coefficient (Wildman–Crippen LogP) is 2.99. The molecule has 0 spiro atoms. The van der Waals surface area contributed by atoms with E-state index in [0.717, 1.165) is 13.1 Å². The highest BCUT2D eigenvalue weighted by molar-refractivity contribution is 5.86. The Hall–Kier alpha value is -2.79. The highest BCUT2D eigenvalue weighted by Crippen LogP contribution is 2.31. The van der Waals surface area contributed by atoms with E-state index in [2.05, 4.69) is 6.92 Å². The number of methoxy groups -OCH3 is 1. The standard InChI is InChI=1S/C23H25NO4/c1-15-6-5-11-24(12-15)13-18-20(25)10-9-17-22(26)19(14-28-23(17)18)16-7-3-4-8-21(16)27-2/h3-4,7-10,14-15,25H,5-6,11-13H2,1-2H3/p+1/t15-/m0/s1. The third kappa shape index (κ3) is 3.38. The molecule has 1 unspecified atom stereocenters. The van der Waals surface area contributed by atoms with E-state index in [9.17, 15) is 9.90 Å². The average Bonchev–Trinajstić information content (AvgIpc) is 2.70. The van der Waals surface area contributed by atoms with Gasteiger partial charge in [0.2, 0.25) is 5.43 Å². The van der Waals surface area contributed by atoms with E-state index in [1.165, 1.54) is 24.0 Å².